The van der Waals surface area contributed by atoms with Gasteiger partial charge in [0.15, 0.2) is 0 Å². The Kier molecular flexibility index (Phi) is 6.47. The summed E-state index contributed by atoms with van der Waals surface area (Å²) in [4.78, 5) is 18.3. The number of nitrogens with one attached hydrogen (secondary N) is 1. The van der Waals surface area contributed by atoms with Gasteiger partial charge in [-0.3, -0.25) is 4.98 Å². The molecule has 2 fully saturated rings. The molecule has 1 aliphatic heterocycles. The highest BCUT2D eigenvalue weighted by atomic mass is 16.5. The van der Waals surface area contributed by atoms with Crippen LogP contribution in [0.3, 0.4) is 0 Å². The van der Waals surface area contributed by atoms with Crippen LogP contribution in [0.1, 0.15) is 50.5 Å². The summed E-state index contributed by atoms with van der Waals surface area (Å²) in [5.41, 5.74) is 1.10. The quantitative estimate of drug-likeness (QED) is 0.870. The minimum absolute atomic E-state index is 0.0960. The Morgan fingerprint density at radius 3 is 2.75 bits per heavy atom. The lowest BCUT2D eigenvalue weighted by atomic mass is 10.0. The predicted molar refractivity (Wildman–Crippen MR) is 93.6 cm³/mol. The number of aromatic nitrogens is 1. The van der Waals surface area contributed by atoms with Crippen molar-refractivity contribution in [2.24, 2.45) is 5.92 Å². The second kappa shape index (κ2) is 9.02. The predicted octanol–water partition coefficient (Wildman–Crippen LogP) is 3.35. The first kappa shape index (κ1) is 17.2. The molecule has 5 nitrogen and oxygen atoms in total. The molecule has 2 aliphatic rings. The Bertz CT molecular complexity index is 495. The normalized spacial score (nSPS) is 19.6. The number of hydrogen-bond donors (Lipinski definition) is 1. The zero-order chi connectivity index (χ0) is 16.6. The van der Waals surface area contributed by atoms with Gasteiger partial charge in [0.2, 0.25) is 0 Å². The van der Waals surface area contributed by atoms with Crippen LogP contribution in [0.5, 0.6) is 0 Å². The van der Waals surface area contributed by atoms with Gasteiger partial charge >= 0.3 is 6.03 Å². The van der Waals surface area contributed by atoms with Crippen molar-refractivity contribution in [3.05, 3.63) is 30.1 Å². The summed E-state index contributed by atoms with van der Waals surface area (Å²) in [7, 11) is 0. The minimum Gasteiger partial charge on any atom is -0.373 e. The number of likely N-dealkylation sites (tertiary alicyclic amines) is 1. The molecule has 1 aliphatic carbocycles. The summed E-state index contributed by atoms with van der Waals surface area (Å²) in [6.45, 7) is 2.99. The molecule has 0 unspecified atom stereocenters. The van der Waals surface area contributed by atoms with Crippen LogP contribution in [0.15, 0.2) is 24.5 Å². The second-order valence-corrected chi connectivity index (χ2v) is 7.03. The third kappa shape index (κ3) is 5.20. The maximum absolute atomic E-state index is 12.2. The monoisotopic (exact) mass is 331 g/mol. The van der Waals surface area contributed by atoms with E-state index >= 15 is 0 Å². The van der Waals surface area contributed by atoms with Gasteiger partial charge in [-0.25, -0.2) is 4.79 Å². The van der Waals surface area contributed by atoms with Crippen molar-refractivity contribution in [2.45, 2.75) is 57.7 Å². The molecule has 0 aromatic carbocycles. The molecule has 5 heteroatoms. The molecule has 3 rings (SSSR count). The smallest absolute Gasteiger partial charge is 0.317 e. The van der Waals surface area contributed by atoms with Gasteiger partial charge in [0.1, 0.15) is 0 Å². The molecule has 1 N–H and O–H groups in total. The van der Waals surface area contributed by atoms with Gasteiger partial charge < -0.3 is 15.0 Å². The van der Waals surface area contributed by atoms with E-state index in [1.165, 1.54) is 25.7 Å². The van der Waals surface area contributed by atoms with Crippen molar-refractivity contribution in [1.29, 1.82) is 0 Å². The highest BCUT2D eigenvalue weighted by molar-refractivity contribution is 5.74. The van der Waals surface area contributed by atoms with Gasteiger partial charge in [0.25, 0.3) is 0 Å². The lowest BCUT2D eigenvalue weighted by Gasteiger charge is -2.32. The maximum atomic E-state index is 12.2. The van der Waals surface area contributed by atoms with E-state index in [0.29, 0.717) is 6.61 Å². The van der Waals surface area contributed by atoms with Gasteiger partial charge in [0.05, 0.1) is 12.7 Å². The molecule has 1 saturated carbocycles. The van der Waals surface area contributed by atoms with Crippen molar-refractivity contribution < 1.29 is 9.53 Å². The lowest BCUT2D eigenvalue weighted by molar-refractivity contribution is 0.00436. The molecule has 1 saturated heterocycles. The van der Waals surface area contributed by atoms with Gasteiger partial charge in [-0.15, -0.1) is 0 Å². The number of piperidine rings is 1. The summed E-state index contributed by atoms with van der Waals surface area (Å²) in [5.74, 6) is 0.830. The zero-order valence-electron chi connectivity index (χ0n) is 14.5. The molecule has 24 heavy (non-hydrogen) atoms. The Labute approximate surface area is 144 Å². The van der Waals surface area contributed by atoms with E-state index in [1.807, 2.05) is 23.2 Å². The van der Waals surface area contributed by atoms with Crippen LogP contribution < -0.4 is 5.32 Å². The number of carbonyl (C=O) groups is 1. The van der Waals surface area contributed by atoms with E-state index in [1.54, 1.807) is 6.20 Å². The van der Waals surface area contributed by atoms with Gasteiger partial charge in [0, 0.05) is 32.0 Å². The van der Waals surface area contributed by atoms with Crippen molar-refractivity contribution >= 4 is 6.03 Å². The van der Waals surface area contributed by atoms with E-state index < -0.39 is 0 Å². The molecule has 2 heterocycles. The summed E-state index contributed by atoms with van der Waals surface area (Å²) < 4.78 is 5.95. The van der Waals surface area contributed by atoms with Crippen molar-refractivity contribution in [3.8, 4) is 0 Å². The SMILES string of the molecule is O=C(NCCC1CCCC1)N1CCC(OCc2cccnc2)CC1. The van der Waals surface area contributed by atoms with Crippen LogP contribution in [0.4, 0.5) is 4.79 Å². The minimum atomic E-state index is 0.0960. The van der Waals surface area contributed by atoms with E-state index in [-0.39, 0.29) is 12.1 Å². The molecule has 0 spiro atoms. The lowest BCUT2D eigenvalue weighted by Crippen LogP contribution is -2.46. The van der Waals surface area contributed by atoms with Crippen LogP contribution in [-0.2, 0) is 11.3 Å². The number of ether oxygens (including phenoxy) is 1. The number of amides is 2. The number of hydrogen-bond acceptors (Lipinski definition) is 3. The molecular formula is C19H29N3O2. The highest BCUT2D eigenvalue weighted by Crippen LogP contribution is 2.26. The third-order valence-corrected chi connectivity index (χ3v) is 5.24. The Balaban J connectivity index is 1.30. The summed E-state index contributed by atoms with van der Waals surface area (Å²) in [5, 5.41) is 3.09. The van der Waals surface area contributed by atoms with Crippen molar-refractivity contribution in [3.63, 3.8) is 0 Å². The van der Waals surface area contributed by atoms with Crippen molar-refractivity contribution in [1.82, 2.24) is 15.2 Å². The number of urea groups is 1. The first-order chi connectivity index (χ1) is 11.8. The van der Waals surface area contributed by atoms with E-state index in [2.05, 4.69) is 10.3 Å². The van der Waals surface area contributed by atoms with Gasteiger partial charge in [-0.2, -0.15) is 0 Å². The standard InChI is InChI=1S/C19H29N3O2/c23-19(21-11-7-16-4-1-2-5-16)22-12-8-18(9-13-22)24-15-17-6-3-10-20-14-17/h3,6,10,14,16,18H,1-2,4-5,7-9,11-13,15H2,(H,21,23). The Morgan fingerprint density at radius 1 is 1.25 bits per heavy atom. The maximum Gasteiger partial charge on any atom is 0.317 e. The third-order valence-electron chi connectivity index (χ3n) is 5.24. The second-order valence-electron chi connectivity index (χ2n) is 7.03. The fraction of sp³-hybridized carbons (Fsp3) is 0.684. The molecule has 2 amide bonds. The summed E-state index contributed by atoms with van der Waals surface area (Å²) in [6.07, 6.45) is 12.2. The number of pyridine rings is 1. The Morgan fingerprint density at radius 2 is 2.04 bits per heavy atom. The molecular weight excluding hydrogens is 302 g/mol. The molecule has 0 radical (unpaired) electrons. The summed E-state index contributed by atoms with van der Waals surface area (Å²) >= 11 is 0. The first-order valence-corrected chi connectivity index (χ1v) is 9.34. The Hall–Kier alpha value is -1.62. The first-order valence-electron chi connectivity index (χ1n) is 9.34. The molecule has 0 bridgehead atoms. The van der Waals surface area contributed by atoms with Crippen LogP contribution in [0.25, 0.3) is 0 Å². The zero-order valence-corrected chi connectivity index (χ0v) is 14.5. The molecule has 0 atom stereocenters. The average Bonchev–Trinajstić information content (AvgIpc) is 3.15. The number of carbonyl (C=O) groups excluding carboxylic acids is 1. The fourth-order valence-electron chi connectivity index (χ4n) is 3.72. The average molecular weight is 331 g/mol. The molecule has 1 aromatic heterocycles. The topological polar surface area (TPSA) is 54.5 Å². The van der Waals surface area contributed by atoms with Gasteiger partial charge in [-0.1, -0.05) is 31.7 Å². The van der Waals surface area contributed by atoms with Crippen molar-refractivity contribution in [2.75, 3.05) is 19.6 Å². The molecule has 1 aromatic rings. The van der Waals surface area contributed by atoms with Crippen LogP contribution in [0, 0.1) is 5.92 Å². The number of nitrogens with zero attached hydrogens (tertiary/aromatic N) is 2. The number of rotatable bonds is 6. The highest BCUT2D eigenvalue weighted by Gasteiger charge is 2.23. The fourth-order valence-corrected chi connectivity index (χ4v) is 3.72. The largest absolute Gasteiger partial charge is 0.373 e. The van der Waals surface area contributed by atoms with Gasteiger partial charge in [-0.05, 0) is 36.8 Å². The van der Waals surface area contributed by atoms with E-state index in [0.717, 1.165) is 50.4 Å². The van der Waals surface area contributed by atoms with E-state index in [4.69, 9.17) is 4.74 Å². The molecule has 132 valence electrons. The van der Waals surface area contributed by atoms with Crippen LogP contribution in [0.2, 0.25) is 0 Å². The van der Waals surface area contributed by atoms with Crippen LogP contribution >= 0.6 is 0 Å². The van der Waals surface area contributed by atoms with Crippen LogP contribution in [-0.4, -0.2) is 41.7 Å². The summed E-state index contributed by atoms with van der Waals surface area (Å²) in [6, 6.07) is 4.05. The van der Waals surface area contributed by atoms with E-state index in [9.17, 15) is 4.79 Å².